The van der Waals surface area contributed by atoms with E-state index in [1.165, 1.54) is 0 Å². The summed E-state index contributed by atoms with van der Waals surface area (Å²) in [6.45, 7) is 12.4. The normalized spacial score (nSPS) is 13.7. The van der Waals surface area contributed by atoms with Gasteiger partial charge in [0.05, 0.1) is 0 Å². The molecule has 0 unspecified atom stereocenters. The van der Waals surface area contributed by atoms with Gasteiger partial charge in [0.25, 0.3) is 0 Å². The van der Waals surface area contributed by atoms with Crippen LogP contribution in [0.5, 0.6) is 0 Å². The molecule has 0 aliphatic carbocycles. The molecule has 0 aliphatic rings. The van der Waals surface area contributed by atoms with Crippen molar-refractivity contribution in [1.29, 1.82) is 0 Å². The molecule has 0 saturated carbocycles. The Bertz CT molecular complexity index is 405. The zero-order valence-corrected chi connectivity index (χ0v) is 12.1. The second-order valence-corrected chi connectivity index (χ2v) is 6.01. The quantitative estimate of drug-likeness (QED) is 0.873. The van der Waals surface area contributed by atoms with Crippen molar-refractivity contribution in [3.8, 4) is 0 Å². The maximum Gasteiger partial charge on any atom is 0.242 e. The highest BCUT2D eigenvalue weighted by Gasteiger charge is 2.23. The second kappa shape index (κ2) is 5.46. The summed E-state index contributed by atoms with van der Waals surface area (Å²) < 4.78 is 1.56. The molecule has 0 aliphatic heterocycles. The number of nitrogens with one attached hydrogen (secondary N) is 1. The molecular formula is C12H23N5O. The molecule has 1 rings (SSSR count). The van der Waals surface area contributed by atoms with E-state index in [0.717, 1.165) is 5.82 Å². The van der Waals surface area contributed by atoms with Crippen LogP contribution in [-0.2, 0) is 16.8 Å². The first-order chi connectivity index (χ1) is 8.21. The van der Waals surface area contributed by atoms with Crippen LogP contribution in [0.3, 0.4) is 0 Å². The Morgan fingerprint density at radius 3 is 2.44 bits per heavy atom. The van der Waals surface area contributed by atoms with Gasteiger partial charge in [-0.1, -0.05) is 34.6 Å². The van der Waals surface area contributed by atoms with E-state index in [2.05, 4.69) is 34.7 Å². The van der Waals surface area contributed by atoms with Crippen molar-refractivity contribution in [1.82, 2.24) is 25.5 Å². The Hall–Kier alpha value is -1.46. The highest BCUT2D eigenvalue weighted by Crippen LogP contribution is 2.18. The number of nitrogens with zero attached hydrogens (tertiary/aromatic N) is 4. The van der Waals surface area contributed by atoms with Crippen molar-refractivity contribution in [3.05, 3.63) is 5.82 Å². The topological polar surface area (TPSA) is 72.7 Å². The molecule has 1 aromatic rings. The van der Waals surface area contributed by atoms with E-state index in [-0.39, 0.29) is 23.9 Å². The largest absolute Gasteiger partial charge is 0.352 e. The Balaban J connectivity index is 2.69. The third-order valence-corrected chi connectivity index (χ3v) is 2.88. The smallest absolute Gasteiger partial charge is 0.242 e. The first-order valence-electron chi connectivity index (χ1n) is 6.28. The monoisotopic (exact) mass is 253 g/mol. The summed E-state index contributed by atoms with van der Waals surface area (Å²) in [6.07, 6.45) is 0. The van der Waals surface area contributed by atoms with Gasteiger partial charge in [0, 0.05) is 11.5 Å². The molecule has 0 radical (unpaired) electrons. The van der Waals surface area contributed by atoms with E-state index in [0.29, 0.717) is 5.92 Å². The van der Waals surface area contributed by atoms with Crippen molar-refractivity contribution in [3.63, 3.8) is 0 Å². The average Bonchev–Trinajstić information content (AvgIpc) is 2.64. The first kappa shape index (κ1) is 14.6. The number of hydrogen-bond donors (Lipinski definition) is 1. The summed E-state index contributed by atoms with van der Waals surface area (Å²) >= 11 is 0. The van der Waals surface area contributed by atoms with Crippen LogP contribution in [0.2, 0.25) is 0 Å². The van der Waals surface area contributed by atoms with Crippen LogP contribution in [-0.4, -0.2) is 32.2 Å². The summed E-state index contributed by atoms with van der Waals surface area (Å²) in [5.41, 5.74) is -0.173. The van der Waals surface area contributed by atoms with Crippen molar-refractivity contribution in [2.75, 3.05) is 0 Å². The number of rotatable bonds is 4. The Morgan fingerprint density at radius 2 is 1.94 bits per heavy atom. The van der Waals surface area contributed by atoms with E-state index >= 15 is 0 Å². The standard InChI is InChI=1S/C12H23N5O/c1-8(2)9(3)13-10(18)7-17-11(12(4,5)6)14-15-16-17/h8-9H,7H2,1-6H3,(H,13,18)/t9-/m1/s1. The fourth-order valence-electron chi connectivity index (χ4n) is 1.45. The van der Waals surface area contributed by atoms with Crippen LogP contribution in [0, 0.1) is 5.92 Å². The van der Waals surface area contributed by atoms with Crippen LogP contribution in [0.4, 0.5) is 0 Å². The SMILES string of the molecule is CC(C)[C@@H](C)NC(=O)Cn1nnnc1C(C)(C)C. The molecule has 1 heterocycles. The van der Waals surface area contributed by atoms with Gasteiger partial charge in [0.1, 0.15) is 6.54 Å². The summed E-state index contributed by atoms with van der Waals surface area (Å²) in [6, 6.07) is 0.145. The van der Waals surface area contributed by atoms with Gasteiger partial charge in [-0.2, -0.15) is 0 Å². The Labute approximate surface area is 108 Å². The predicted molar refractivity (Wildman–Crippen MR) is 69.0 cm³/mol. The van der Waals surface area contributed by atoms with Gasteiger partial charge in [-0.15, -0.1) is 5.10 Å². The minimum atomic E-state index is -0.173. The zero-order valence-electron chi connectivity index (χ0n) is 12.1. The number of aromatic nitrogens is 4. The maximum atomic E-state index is 11.9. The molecule has 0 spiro atoms. The maximum absolute atomic E-state index is 11.9. The van der Waals surface area contributed by atoms with Gasteiger partial charge in [-0.25, -0.2) is 4.68 Å². The Kier molecular flexibility index (Phi) is 4.43. The highest BCUT2D eigenvalue weighted by atomic mass is 16.2. The lowest BCUT2D eigenvalue weighted by Gasteiger charge is -2.19. The van der Waals surface area contributed by atoms with Gasteiger partial charge >= 0.3 is 0 Å². The lowest BCUT2D eigenvalue weighted by atomic mass is 9.96. The third-order valence-electron chi connectivity index (χ3n) is 2.88. The number of amides is 1. The number of hydrogen-bond acceptors (Lipinski definition) is 4. The van der Waals surface area contributed by atoms with Crippen LogP contribution in [0.25, 0.3) is 0 Å². The molecule has 0 aromatic carbocycles. The summed E-state index contributed by atoms with van der Waals surface area (Å²) in [4.78, 5) is 11.9. The van der Waals surface area contributed by atoms with Crippen molar-refractivity contribution >= 4 is 5.91 Å². The van der Waals surface area contributed by atoms with Crippen LogP contribution in [0.15, 0.2) is 0 Å². The molecule has 1 N–H and O–H groups in total. The summed E-state index contributed by atoms with van der Waals surface area (Å²) in [7, 11) is 0. The molecule has 0 fully saturated rings. The van der Waals surface area contributed by atoms with Gasteiger partial charge < -0.3 is 5.32 Å². The molecule has 6 nitrogen and oxygen atoms in total. The van der Waals surface area contributed by atoms with Crippen molar-refractivity contribution < 1.29 is 4.79 Å². The minimum Gasteiger partial charge on any atom is -0.352 e. The predicted octanol–water partition coefficient (Wildman–Crippen LogP) is 1.13. The van der Waals surface area contributed by atoms with E-state index in [1.807, 2.05) is 27.7 Å². The minimum absolute atomic E-state index is 0.0611. The van der Waals surface area contributed by atoms with Crippen LogP contribution in [0.1, 0.15) is 47.4 Å². The van der Waals surface area contributed by atoms with E-state index in [9.17, 15) is 4.79 Å². The molecule has 102 valence electrons. The molecule has 1 atom stereocenters. The van der Waals surface area contributed by atoms with Gasteiger partial charge in [0.15, 0.2) is 5.82 Å². The summed E-state index contributed by atoms with van der Waals surface area (Å²) in [5.74, 6) is 1.06. The van der Waals surface area contributed by atoms with E-state index in [1.54, 1.807) is 4.68 Å². The third kappa shape index (κ3) is 3.78. The van der Waals surface area contributed by atoms with Gasteiger partial charge in [-0.05, 0) is 23.3 Å². The molecule has 1 amide bonds. The van der Waals surface area contributed by atoms with Crippen molar-refractivity contribution in [2.24, 2.45) is 5.92 Å². The fourth-order valence-corrected chi connectivity index (χ4v) is 1.45. The molecule has 0 bridgehead atoms. The van der Waals surface area contributed by atoms with E-state index in [4.69, 9.17) is 0 Å². The van der Waals surface area contributed by atoms with E-state index < -0.39 is 0 Å². The van der Waals surface area contributed by atoms with Crippen LogP contribution < -0.4 is 5.32 Å². The lowest BCUT2D eigenvalue weighted by Crippen LogP contribution is -2.39. The Morgan fingerprint density at radius 1 is 1.33 bits per heavy atom. The molecule has 6 heteroatoms. The fraction of sp³-hybridized carbons (Fsp3) is 0.833. The summed E-state index contributed by atoms with van der Waals surface area (Å²) in [5, 5.41) is 14.4. The lowest BCUT2D eigenvalue weighted by molar-refractivity contribution is -0.122. The number of carbonyl (C=O) groups excluding carboxylic acids is 1. The zero-order chi connectivity index (χ0) is 13.9. The number of tetrazole rings is 1. The first-order valence-corrected chi connectivity index (χ1v) is 6.28. The van der Waals surface area contributed by atoms with Gasteiger partial charge in [-0.3, -0.25) is 4.79 Å². The molecule has 1 aromatic heterocycles. The average molecular weight is 253 g/mol. The highest BCUT2D eigenvalue weighted by molar-refractivity contribution is 5.75. The number of carbonyl (C=O) groups is 1. The second-order valence-electron chi connectivity index (χ2n) is 6.01. The van der Waals surface area contributed by atoms with Crippen molar-refractivity contribution in [2.45, 2.75) is 59.5 Å². The molecule has 0 saturated heterocycles. The molecule has 18 heavy (non-hydrogen) atoms. The van der Waals surface area contributed by atoms with Crippen LogP contribution >= 0.6 is 0 Å². The van der Waals surface area contributed by atoms with Gasteiger partial charge in [0.2, 0.25) is 5.91 Å². The molecular weight excluding hydrogens is 230 g/mol.